The molecule has 0 N–H and O–H groups in total. The first-order valence-electron chi connectivity index (χ1n) is 10.9. The summed E-state index contributed by atoms with van der Waals surface area (Å²) in [5, 5.41) is 0. The zero-order chi connectivity index (χ0) is 15.0. The molecule has 3 aliphatic carbocycles. The van der Waals surface area contributed by atoms with Gasteiger partial charge in [0.2, 0.25) is 0 Å². The average molecular weight is 305 g/mol. The molecule has 0 aromatic carbocycles. The lowest BCUT2D eigenvalue weighted by Gasteiger charge is -2.39. The molecule has 0 atom stereocenters. The Bertz CT molecular complexity index is 223. The normalized spacial score (nSPS) is 28.2. The first-order chi connectivity index (χ1) is 10.9. The van der Waals surface area contributed by atoms with E-state index in [9.17, 15) is 0 Å². The zero-order valence-corrected chi connectivity index (χ0v) is 15.0. The van der Waals surface area contributed by atoms with Gasteiger partial charge in [0, 0.05) is 0 Å². The summed E-state index contributed by atoms with van der Waals surface area (Å²) in [5.74, 6) is 4.44. The minimum atomic E-state index is 1.11. The van der Waals surface area contributed by atoms with Gasteiger partial charge in [-0.05, 0) is 23.7 Å². The van der Waals surface area contributed by atoms with E-state index in [2.05, 4.69) is 0 Å². The van der Waals surface area contributed by atoms with E-state index in [4.69, 9.17) is 0 Å². The third-order valence-electron chi connectivity index (χ3n) is 7.33. The maximum atomic E-state index is 1.58. The molecule has 0 unspecified atom stereocenters. The molecule has 0 aromatic rings. The topological polar surface area (TPSA) is 0 Å². The van der Waals surface area contributed by atoms with Gasteiger partial charge in [0.15, 0.2) is 0 Å². The molecule has 3 rings (SSSR count). The van der Waals surface area contributed by atoms with E-state index >= 15 is 0 Å². The van der Waals surface area contributed by atoms with Crippen molar-refractivity contribution in [3.05, 3.63) is 0 Å². The second-order valence-corrected chi connectivity index (χ2v) is 8.83. The fraction of sp³-hybridized carbons (Fsp3) is 1.00. The van der Waals surface area contributed by atoms with Crippen molar-refractivity contribution in [2.24, 2.45) is 23.7 Å². The Kier molecular flexibility index (Phi) is 7.15. The van der Waals surface area contributed by atoms with Crippen molar-refractivity contribution >= 4 is 0 Å². The molecule has 22 heavy (non-hydrogen) atoms. The van der Waals surface area contributed by atoms with Crippen molar-refractivity contribution in [3.8, 4) is 0 Å². The molecular formula is C22H40. The standard InChI is InChI=1S/C22H40/c1-2-8-14-19(13-7-1)22(20-15-9-3-4-10-16-20)21-17-11-5-6-12-18-21/h19-22H,1-18H2. The van der Waals surface area contributed by atoms with Gasteiger partial charge >= 0.3 is 0 Å². The number of rotatable bonds is 3. The van der Waals surface area contributed by atoms with Gasteiger partial charge in [-0.3, -0.25) is 0 Å². The Morgan fingerprint density at radius 3 is 0.773 bits per heavy atom. The van der Waals surface area contributed by atoms with Crippen LogP contribution in [0.25, 0.3) is 0 Å². The van der Waals surface area contributed by atoms with Crippen LogP contribution in [0, 0.1) is 23.7 Å². The van der Waals surface area contributed by atoms with Crippen LogP contribution in [0.3, 0.4) is 0 Å². The van der Waals surface area contributed by atoms with Crippen molar-refractivity contribution in [1.82, 2.24) is 0 Å². The van der Waals surface area contributed by atoms with Crippen LogP contribution in [0.2, 0.25) is 0 Å². The molecule has 3 aliphatic rings. The van der Waals surface area contributed by atoms with Crippen LogP contribution in [0.5, 0.6) is 0 Å². The summed E-state index contributed by atoms with van der Waals surface area (Å²) in [4.78, 5) is 0. The lowest BCUT2D eigenvalue weighted by molar-refractivity contribution is 0.106. The quantitative estimate of drug-likeness (QED) is 0.473. The van der Waals surface area contributed by atoms with Gasteiger partial charge < -0.3 is 0 Å². The molecule has 0 spiro atoms. The van der Waals surface area contributed by atoms with Crippen molar-refractivity contribution in [3.63, 3.8) is 0 Å². The van der Waals surface area contributed by atoms with Crippen molar-refractivity contribution < 1.29 is 0 Å². The van der Waals surface area contributed by atoms with Gasteiger partial charge in [-0.15, -0.1) is 0 Å². The van der Waals surface area contributed by atoms with E-state index < -0.39 is 0 Å². The minimum absolute atomic E-state index is 1.11. The van der Waals surface area contributed by atoms with Crippen LogP contribution in [0.1, 0.15) is 116 Å². The summed E-state index contributed by atoms with van der Waals surface area (Å²) in [6, 6.07) is 0. The predicted molar refractivity (Wildman–Crippen MR) is 97.1 cm³/mol. The van der Waals surface area contributed by atoms with E-state index in [1.165, 1.54) is 38.5 Å². The number of hydrogen-bond acceptors (Lipinski definition) is 0. The second kappa shape index (κ2) is 9.33. The van der Waals surface area contributed by atoms with Gasteiger partial charge in [0.05, 0.1) is 0 Å². The highest BCUT2D eigenvalue weighted by Gasteiger charge is 2.35. The second-order valence-electron chi connectivity index (χ2n) is 8.83. The highest BCUT2D eigenvalue weighted by Crippen LogP contribution is 2.46. The van der Waals surface area contributed by atoms with Crippen molar-refractivity contribution in [2.45, 2.75) is 116 Å². The van der Waals surface area contributed by atoms with Crippen LogP contribution < -0.4 is 0 Å². The molecule has 0 aliphatic heterocycles. The predicted octanol–water partition coefficient (Wildman–Crippen LogP) is 7.51. The lowest BCUT2D eigenvalue weighted by Crippen LogP contribution is -2.31. The first-order valence-corrected chi connectivity index (χ1v) is 10.9. The Morgan fingerprint density at radius 2 is 0.545 bits per heavy atom. The molecule has 3 saturated carbocycles. The molecule has 128 valence electrons. The largest absolute Gasteiger partial charge is 0.0533 e. The Hall–Kier alpha value is 0. The van der Waals surface area contributed by atoms with E-state index in [-0.39, 0.29) is 0 Å². The van der Waals surface area contributed by atoms with E-state index in [0.717, 1.165) is 23.7 Å². The average Bonchev–Trinajstić information content (AvgIpc) is 3.04. The smallest absolute Gasteiger partial charge is 0.0329 e. The molecule has 0 amide bonds. The Labute approximate surface area is 139 Å². The summed E-state index contributed by atoms with van der Waals surface area (Å²) >= 11 is 0. The highest BCUT2D eigenvalue weighted by molar-refractivity contribution is 4.86. The van der Waals surface area contributed by atoms with Crippen LogP contribution in [-0.2, 0) is 0 Å². The maximum Gasteiger partial charge on any atom is -0.0329 e. The molecule has 0 radical (unpaired) electrons. The van der Waals surface area contributed by atoms with E-state index in [0.29, 0.717) is 0 Å². The van der Waals surface area contributed by atoms with Gasteiger partial charge in [-0.25, -0.2) is 0 Å². The molecular weight excluding hydrogens is 264 g/mol. The molecule has 3 fully saturated rings. The summed E-state index contributed by atoms with van der Waals surface area (Å²) < 4.78 is 0. The maximum absolute atomic E-state index is 1.58. The summed E-state index contributed by atoms with van der Waals surface area (Å²) in [5.41, 5.74) is 0. The third-order valence-corrected chi connectivity index (χ3v) is 7.33. The molecule has 0 bridgehead atoms. The van der Waals surface area contributed by atoms with E-state index in [1.807, 2.05) is 0 Å². The van der Waals surface area contributed by atoms with Crippen LogP contribution in [0.4, 0.5) is 0 Å². The Morgan fingerprint density at radius 1 is 0.318 bits per heavy atom. The fourth-order valence-corrected chi connectivity index (χ4v) is 6.24. The zero-order valence-electron chi connectivity index (χ0n) is 15.0. The third kappa shape index (κ3) is 4.75. The van der Waals surface area contributed by atoms with Crippen LogP contribution >= 0.6 is 0 Å². The van der Waals surface area contributed by atoms with Gasteiger partial charge in [-0.1, -0.05) is 116 Å². The van der Waals surface area contributed by atoms with Crippen molar-refractivity contribution in [1.29, 1.82) is 0 Å². The van der Waals surface area contributed by atoms with Crippen molar-refractivity contribution in [2.75, 3.05) is 0 Å². The molecule has 0 aromatic heterocycles. The highest BCUT2D eigenvalue weighted by atomic mass is 14.4. The molecule has 0 nitrogen and oxygen atoms in total. The summed E-state index contributed by atoms with van der Waals surface area (Å²) in [7, 11) is 0. The summed E-state index contributed by atoms with van der Waals surface area (Å²) in [6.07, 6.45) is 27.9. The fourth-order valence-electron chi connectivity index (χ4n) is 6.24. The SMILES string of the molecule is C1CCCC(C(C2CCCCCC2)C2CCCCCC2)CC1. The Balaban J connectivity index is 1.72. The lowest BCUT2D eigenvalue weighted by atomic mass is 9.66. The first kappa shape index (κ1) is 16.8. The van der Waals surface area contributed by atoms with Gasteiger partial charge in [0.25, 0.3) is 0 Å². The molecule has 0 saturated heterocycles. The van der Waals surface area contributed by atoms with Crippen LogP contribution in [0.15, 0.2) is 0 Å². The summed E-state index contributed by atoms with van der Waals surface area (Å²) in [6.45, 7) is 0. The molecule has 0 heterocycles. The molecule has 0 heteroatoms. The monoisotopic (exact) mass is 304 g/mol. The van der Waals surface area contributed by atoms with Crippen LogP contribution in [-0.4, -0.2) is 0 Å². The van der Waals surface area contributed by atoms with Gasteiger partial charge in [-0.2, -0.15) is 0 Å². The van der Waals surface area contributed by atoms with E-state index in [1.54, 1.807) is 77.0 Å². The van der Waals surface area contributed by atoms with Gasteiger partial charge in [0.1, 0.15) is 0 Å². The minimum Gasteiger partial charge on any atom is -0.0533 e. The number of hydrogen-bond donors (Lipinski definition) is 0.